The Morgan fingerprint density at radius 3 is 2.68 bits per heavy atom. The molecule has 0 unspecified atom stereocenters. The minimum absolute atomic E-state index is 0.0630. The number of carbonyl (C=O) groups excluding carboxylic acids is 1. The van der Waals surface area contributed by atoms with Crippen molar-refractivity contribution in [2.45, 2.75) is 13.3 Å². The molecule has 1 aromatic rings. The van der Waals surface area contributed by atoms with Gasteiger partial charge in [0.25, 0.3) is 11.6 Å². The Kier molecular flexibility index (Phi) is 5.37. The molecule has 0 bridgehead atoms. The Balaban J connectivity index is 2.95. The van der Waals surface area contributed by atoms with E-state index < -0.39 is 22.3 Å². The van der Waals surface area contributed by atoms with Gasteiger partial charge in [0.2, 0.25) is 0 Å². The monoisotopic (exact) mass is 270 g/mol. The van der Waals surface area contributed by atoms with E-state index in [4.69, 9.17) is 5.11 Å². The van der Waals surface area contributed by atoms with Crippen molar-refractivity contribution in [2.24, 2.45) is 0 Å². The summed E-state index contributed by atoms with van der Waals surface area (Å²) in [6.07, 6.45) is 0.397. The molecule has 1 aromatic carbocycles. The summed E-state index contributed by atoms with van der Waals surface area (Å²) in [5.74, 6) is -1.45. The van der Waals surface area contributed by atoms with Crippen LogP contribution in [-0.2, 0) is 0 Å². The van der Waals surface area contributed by atoms with Gasteiger partial charge in [-0.3, -0.25) is 14.9 Å². The van der Waals surface area contributed by atoms with E-state index >= 15 is 0 Å². The number of hydrogen-bond acceptors (Lipinski definition) is 4. The molecule has 0 atom stereocenters. The van der Waals surface area contributed by atoms with Crippen LogP contribution in [0.3, 0.4) is 0 Å². The van der Waals surface area contributed by atoms with E-state index in [-0.39, 0.29) is 12.2 Å². The Morgan fingerprint density at radius 2 is 2.21 bits per heavy atom. The molecule has 1 N–H and O–H groups in total. The second-order valence-corrected chi connectivity index (χ2v) is 3.88. The lowest BCUT2D eigenvalue weighted by Gasteiger charge is -2.20. The first-order chi connectivity index (χ1) is 9.01. The van der Waals surface area contributed by atoms with Crippen molar-refractivity contribution in [3.63, 3.8) is 0 Å². The number of carbonyl (C=O) groups is 1. The first kappa shape index (κ1) is 15.0. The topological polar surface area (TPSA) is 83.7 Å². The lowest BCUT2D eigenvalue weighted by molar-refractivity contribution is -0.385. The summed E-state index contributed by atoms with van der Waals surface area (Å²) < 4.78 is 13.7. The van der Waals surface area contributed by atoms with Crippen molar-refractivity contribution in [3.8, 4) is 0 Å². The van der Waals surface area contributed by atoms with Gasteiger partial charge in [-0.2, -0.15) is 0 Å². The van der Waals surface area contributed by atoms with E-state index in [1.807, 2.05) is 0 Å². The zero-order valence-corrected chi connectivity index (χ0v) is 10.5. The average molecular weight is 270 g/mol. The van der Waals surface area contributed by atoms with Crippen LogP contribution in [0, 0.1) is 15.9 Å². The lowest BCUT2D eigenvalue weighted by Crippen LogP contribution is -2.32. The fourth-order valence-electron chi connectivity index (χ4n) is 1.63. The maximum Gasteiger partial charge on any atom is 0.272 e. The molecule has 0 aliphatic heterocycles. The average Bonchev–Trinajstić information content (AvgIpc) is 2.39. The van der Waals surface area contributed by atoms with Gasteiger partial charge in [-0.25, -0.2) is 4.39 Å². The third kappa shape index (κ3) is 3.72. The maximum atomic E-state index is 13.7. The standard InChI is InChI=1S/C12H15FN2O4/c1-2-14(6-3-7-16)12(17)10-5-4-9(15(18)19)8-11(10)13/h4-5,8,16H,2-3,6-7H2,1H3. The Labute approximate surface area is 109 Å². The third-order valence-corrected chi connectivity index (χ3v) is 2.65. The van der Waals surface area contributed by atoms with Crippen LogP contribution in [0.5, 0.6) is 0 Å². The number of nitrogens with zero attached hydrogens (tertiary/aromatic N) is 2. The first-order valence-corrected chi connectivity index (χ1v) is 5.85. The highest BCUT2D eigenvalue weighted by Crippen LogP contribution is 2.18. The maximum absolute atomic E-state index is 13.7. The summed E-state index contributed by atoms with van der Waals surface area (Å²) in [6.45, 7) is 2.35. The summed E-state index contributed by atoms with van der Waals surface area (Å²) >= 11 is 0. The SMILES string of the molecule is CCN(CCCO)C(=O)c1ccc([N+](=O)[O-])cc1F. The summed E-state index contributed by atoms with van der Waals surface area (Å²) in [5.41, 5.74) is -0.599. The number of aliphatic hydroxyl groups is 1. The fourth-order valence-corrected chi connectivity index (χ4v) is 1.63. The molecule has 0 saturated carbocycles. The first-order valence-electron chi connectivity index (χ1n) is 5.85. The Bertz CT molecular complexity index is 479. The van der Waals surface area contributed by atoms with E-state index in [1.54, 1.807) is 6.92 Å². The van der Waals surface area contributed by atoms with Crippen molar-refractivity contribution in [3.05, 3.63) is 39.7 Å². The van der Waals surface area contributed by atoms with Crippen LogP contribution in [-0.4, -0.2) is 40.5 Å². The summed E-state index contributed by atoms with van der Waals surface area (Å²) in [7, 11) is 0. The number of rotatable bonds is 6. The molecule has 0 aromatic heterocycles. The van der Waals surface area contributed by atoms with Gasteiger partial charge < -0.3 is 10.0 Å². The molecular weight excluding hydrogens is 255 g/mol. The molecule has 0 aliphatic carbocycles. The predicted octanol–water partition coefficient (Wildman–Crippen LogP) is 1.58. The van der Waals surface area contributed by atoms with Crippen LogP contribution in [0.4, 0.5) is 10.1 Å². The van der Waals surface area contributed by atoms with E-state index in [0.717, 1.165) is 18.2 Å². The quantitative estimate of drug-likeness (QED) is 0.628. The summed E-state index contributed by atoms with van der Waals surface area (Å²) in [6, 6.07) is 2.93. The van der Waals surface area contributed by atoms with E-state index in [0.29, 0.717) is 19.5 Å². The normalized spacial score (nSPS) is 10.3. The van der Waals surface area contributed by atoms with Crippen LogP contribution in [0.2, 0.25) is 0 Å². The van der Waals surface area contributed by atoms with Crippen LogP contribution in [0.15, 0.2) is 18.2 Å². The van der Waals surface area contributed by atoms with Gasteiger partial charge >= 0.3 is 0 Å². The highest BCUT2D eigenvalue weighted by Gasteiger charge is 2.20. The second kappa shape index (κ2) is 6.79. The van der Waals surface area contributed by atoms with Gasteiger partial charge in [-0.1, -0.05) is 0 Å². The molecule has 104 valence electrons. The van der Waals surface area contributed by atoms with Gasteiger partial charge in [0.05, 0.1) is 16.6 Å². The Morgan fingerprint density at radius 1 is 1.53 bits per heavy atom. The van der Waals surface area contributed by atoms with Gasteiger partial charge in [-0.05, 0) is 19.4 Å². The molecule has 0 saturated heterocycles. The molecule has 0 aliphatic rings. The van der Waals surface area contributed by atoms with Crippen molar-refractivity contribution in [1.29, 1.82) is 0 Å². The minimum atomic E-state index is -0.915. The number of benzene rings is 1. The largest absolute Gasteiger partial charge is 0.396 e. The van der Waals surface area contributed by atoms with Gasteiger partial charge in [0.1, 0.15) is 5.82 Å². The van der Waals surface area contributed by atoms with Gasteiger partial charge in [0.15, 0.2) is 0 Å². The molecular formula is C12H15FN2O4. The third-order valence-electron chi connectivity index (χ3n) is 2.65. The Hall–Kier alpha value is -2.02. The highest BCUT2D eigenvalue weighted by molar-refractivity contribution is 5.94. The summed E-state index contributed by atoms with van der Waals surface area (Å²) in [4.78, 5) is 23.2. The number of non-ortho nitro benzene ring substituents is 1. The van der Waals surface area contributed by atoms with Crippen molar-refractivity contribution in [2.75, 3.05) is 19.7 Å². The summed E-state index contributed by atoms with van der Waals surface area (Å²) in [5, 5.41) is 19.2. The molecule has 1 rings (SSSR count). The number of amides is 1. The van der Waals surface area contributed by atoms with Crippen molar-refractivity contribution >= 4 is 11.6 Å². The molecule has 0 spiro atoms. The van der Waals surface area contributed by atoms with Crippen LogP contribution < -0.4 is 0 Å². The van der Waals surface area contributed by atoms with E-state index in [2.05, 4.69) is 0 Å². The van der Waals surface area contributed by atoms with Crippen LogP contribution >= 0.6 is 0 Å². The van der Waals surface area contributed by atoms with Crippen molar-refractivity contribution < 1.29 is 19.2 Å². The van der Waals surface area contributed by atoms with Crippen LogP contribution in [0.1, 0.15) is 23.7 Å². The minimum Gasteiger partial charge on any atom is -0.396 e. The predicted molar refractivity (Wildman–Crippen MR) is 66.3 cm³/mol. The number of nitro groups is 1. The number of halogens is 1. The molecule has 0 fully saturated rings. The van der Waals surface area contributed by atoms with Crippen molar-refractivity contribution in [1.82, 2.24) is 4.90 Å². The molecule has 0 radical (unpaired) electrons. The fraction of sp³-hybridized carbons (Fsp3) is 0.417. The van der Waals surface area contributed by atoms with E-state index in [9.17, 15) is 19.3 Å². The molecule has 1 amide bonds. The number of aliphatic hydroxyl groups excluding tert-OH is 1. The number of nitro benzene ring substituents is 1. The molecule has 19 heavy (non-hydrogen) atoms. The zero-order valence-electron chi connectivity index (χ0n) is 10.5. The molecule has 6 nitrogen and oxygen atoms in total. The van der Waals surface area contributed by atoms with Gasteiger partial charge in [-0.15, -0.1) is 0 Å². The number of hydrogen-bond donors (Lipinski definition) is 1. The molecule has 7 heteroatoms. The van der Waals surface area contributed by atoms with Gasteiger partial charge in [0, 0.05) is 25.8 Å². The smallest absolute Gasteiger partial charge is 0.272 e. The van der Waals surface area contributed by atoms with E-state index in [1.165, 1.54) is 4.90 Å². The second-order valence-electron chi connectivity index (χ2n) is 3.88. The van der Waals surface area contributed by atoms with Crippen LogP contribution in [0.25, 0.3) is 0 Å². The molecule has 0 heterocycles. The highest BCUT2D eigenvalue weighted by atomic mass is 19.1. The lowest BCUT2D eigenvalue weighted by atomic mass is 10.1. The zero-order chi connectivity index (χ0) is 14.4.